The van der Waals surface area contributed by atoms with Crippen molar-refractivity contribution in [2.24, 2.45) is 0 Å². The van der Waals surface area contributed by atoms with E-state index in [0.717, 1.165) is 30.2 Å². The zero-order valence-electron chi connectivity index (χ0n) is 12.9. The number of rotatable bonds is 8. The molecule has 0 N–H and O–H groups in total. The molecule has 23 heavy (non-hydrogen) atoms. The van der Waals surface area contributed by atoms with Crippen LogP contribution in [0, 0.1) is 45.3 Å². The molecule has 0 aromatic heterocycles. The molecular weight excluding hydrogens is 418 g/mol. The fraction of sp³-hybridized carbons (Fsp3) is 0.412. The van der Waals surface area contributed by atoms with Gasteiger partial charge in [-0.3, -0.25) is 0 Å². The van der Waals surface area contributed by atoms with Gasteiger partial charge in [-0.1, -0.05) is 12.1 Å². The predicted molar refractivity (Wildman–Crippen MR) is 87.1 cm³/mol. The van der Waals surface area contributed by atoms with Gasteiger partial charge in [0.2, 0.25) is 0 Å². The lowest BCUT2D eigenvalue weighted by Gasteiger charge is -2.25. The van der Waals surface area contributed by atoms with Crippen LogP contribution in [0.3, 0.4) is 0 Å². The Morgan fingerprint density at radius 3 is 1.52 bits per heavy atom. The molecule has 0 aliphatic rings. The molecule has 0 atom stereocenters. The van der Waals surface area contributed by atoms with E-state index in [4.69, 9.17) is 21.0 Å². The van der Waals surface area contributed by atoms with Crippen molar-refractivity contribution in [3.05, 3.63) is 35.4 Å². The molecule has 0 heterocycles. The second-order valence-corrected chi connectivity index (χ2v) is 9.54. The normalized spacial score (nSPS) is 9.57. The summed E-state index contributed by atoms with van der Waals surface area (Å²) in [6.45, 7) is 0. The summed E-state index contributed by atoms with van der Waals surface area (Å²) in [6.07, 6.45) is 4.65. The molecule has 118 valence electrons. The molecular formula is C17H18IN4P. The van der Waals surface area contributed by atoms with Crippen LogP contribution in [-0.2, 0) is 6.16 Å². The first-order valence-electron chi connectivity index (χ1n) is 7.14. The molecule has 1 aromatic rings. The van der Waals surface area contributed by atoms with Gasteiger partial charge in [-0.25, -0.2) is 0 Å². The topological polar surface area (TPSA) is 95.2 Å². The van der Waals surface area contributed by atoms with Gasteiger partial charge in [0.15, 0.2) is 0 Å². The van der Waals surface area contributed by atoms with E-state index < -0.39 is 7.26 Å². The van der Waals surface area contributed by atoms with Crippen molar-refractivity contribution in [3.8, 4) is 24.3 Å². The lowest BCUT2D eigenvalue weighted by molar-refractivity contribution is -0.00000564. The fourth-order valence-corrected chi connectivity index (χ4v) is 6.36. The summed E-state index contributed by atoms with van der Waals surface area (Å²) in [7, 11) is -1.54. The summed E-state index contributed by atoms with van der Waals surface area (Å²) in [6, 6.07) is 16.2. The van der Waals surface area contributed by atoms with Crippen molar-refractivity contribution in [2.45, 2.75) is 25.4 Å². The molecule has 0 aliphatic heterocycles. The molecule has 6 heteroatoms. The van der Waals surface area contributed by atoms with Crippen LogP contribution in [0.4, 0.5) is 0 Å². The number of halogens is 1. The van der Waals surface area contributed by atoms with Crippen molar-refractivity contribution < 1.29 is 24.0 Å². The van der Waals surface area contributed by atoms with Gasteiger partial charge in [-0.2, -0.15) is 21.0 Å². The maximum Gasteiger partial charge on any atom is 0.0991 e. The van der Waals surface area contributed by atoms with Crippen LogP contribution in [0.25, 0.3) is 0 Å². The van der Waals surface area contributed by atoms with Gasteiger partial charge in [0.1, 0.15) is 0 Å². The Hall–Kier alpha value is -1.66. The van der Waals surface area contributed by atoms with Gasteiger partial charge in [-0.05, 0) is 17.7 Å². The van der Waals surface area contributed by atoms with E-state index in [1.54, 1.807) is 12.1 Å². The SMILES string of the molecule is N#CCC[P+](CCC#N)(CCC#N)Cc1ccc(C#N)cc1.[I-]. The molecule has 0 unspecified atom stereocenters. The predicted octanol–water partition coefficient (Wildman–Crippen LogP) is 0.821. The van der Waals surface area contributed by atoms with Crippen molar-refractivity contribution in [2.75, 3.05) is 18.5 Å². The zero-order valence-corrected chi connectivity index (χ0v) is 15.9. The Morgan fingerprint density at radius 1 is 0.739 bits per heavy atom. The summed E-state index contributed by atoms with van der Waals surface area (Å²) >= 11 is 0. The molecule has 1 rings (SSSR count). The highest BCUT2D eigenvalue weighted by molar-refractivity contribution is 7.75. The van der Waals surface area contributed by atoms with E-state index in [1.165, 1.54) is 0 Å². The lowest BCUT2D eigenvalue weighted by atomic mass is 10.2. The molecule has 4 nitrogen and oxygen atoms in total. The number of benzene rings is 1. The quantitative estimate of drug-likeness (QED) is 0.446. The smallest absolute Gasteiger partial charge is 0.0991 e. The molecule has 0 saturated heterocycles. The van der Waals surface area contributed by atoms with E-state index in [0.29, 0.717) is 24.8 Å². The van der Waals surface area contributed by atoms with E-state index in [9.17, 15) is 0 Å². The summed E-state index contributed by atoms with van der Waals surface area (Å²) < 4.78 is 0. The maximum absolute atomic E-state index is 8.92. The van der Waals surface area contributed by atoms with E-state index in [1.807, 2.05) is 12.1 Å². The Bertz CT molecular complexity index is 598. The molecule has 0 bridgehead atoms. The van der Waals surface area contributed by atoms with E-state index in [2.05, 4.69) is 24.3 Å². The fourth-order valence-electron chi connectivity index (χ4n) is 2.51. The van der Waals surface area contributed by atoms with Gasteiger partial charge >= 0.3 is 0 Å². The average molecular weight is 436 g/mol. The standard InChI is InChI=1S/C17H18N4P.HI/c18-8-1-11-22(12-2-9-19,13-3-10-20)15-17-6-4-16(14-21)5-7-17;/h4-7H,1-3,11-13,15H2;1H/q+1;/p-1. The first-order chi connectivity index (χ1) is 10.7. The zero-order chi connectivity index (χ0) is 16.3. The highest BCUT2D eigenvalue weighted by Crippen LogP contribution is 2.62. The van der Waals surface area contributed by atoms with Crippen LogP contribution in [-0.4, -0.2) is 18.5 Å². The van der Waals surface area contributed by atoms with Crippen LogP contribution < -0.4 is 24.0 Å². The summed E-state index contributed by atoms with van der Waals surface area (Å²) in [5, 5.41) is 35.6. The van der Waals surface area contributed by atoms with Crippen LogP contribution in [0.2, 0.25) is 0 Å². The molecule has 0 fully saturated rings. The lowest BCUT2D eigenvalue weighted by Crippen LogP contribution is -3.00. The molecule has 0 spiro atoms. The third kappa shape index (κ3) is 7.43. The molecule has 0 amide bonds. The summed E-state index contributed by atoms with van der Waals surface area (Å²) in [5.74, 6) is 0. The second kappa shape index (κ2) is 11.8. The second-order valence-electron chi connectivity index (χ2n) is 5.20. The van der Waals surface area contributed by atoms with Crippen molar-refractivity contribution in [1.82, 2.24) is 0 Å². The third-order valence-electron chi connectivity index (χ3n) is 3.69. The first-order valence-corrected chi connectivity index (χ1v) is 9.67. The van der Waals surface area contributed by atoms with Crippen molar-refractivity contribution in [3.63, 3.8) is 0 Å². The monoisotopic (exact) mass is 436 g/mol. The minimum absolute atomic E-state index is 0. The van der Waals surface area contributed by atoms with Crippen molar-refractivity contribution in [1.29, 1.82) is 21.0 Å². The number of nitriles is 4. The van der Waals surface area contributed by atoms with Crippen LogP contribution in [0.15, 0.2) is 24.3 Å². The minimum atomic E-state index is -1.54. The Morgan fingerprint density at radius 2 is 1.17 bits per heavy atom. The van der Waals surface area contributed by atoms with E-state index in [-0.39, 0.29) is 24.0 Å². The van der Waals surface area contributed by atoms with Crippen molar-refractivity contribution >= 4 is 7.26 Å². The number of hydrogen-bond acceptors (Lipinski definition) is 4. The third-order valence-corrected chi connectivity index (χ3v) is 8.25. The summed E-state index contributed by atoms with van der Waals surface area (Å²) in [4.78, 5) is 0. The van der Waals surface area contributed by atoms with Gasteiger partial charge in [0.05, 0.1) is 73.8 Å². The largest absolute Gasteiger partial charge is 1.00 e. The highest BCUT2D eigenvalue weighted by Gasteiger charge is 2.36. The highest BCUT2D eigenvalue weighted by atomic mass is 127. The molecule has 0 saturated carbocycles. The van der Waals surface area contributed by atoms with Gasteiger partial charge in [0, 0.05) is 7.26 Å². The molecule has 0 aliphatic carbocycles. The van der Waals surface area contributed by atoms with Crippen LogP contribution >= 0.6 is 7.26 Å². The van der Waals surface area contributed by atoms with Crippen LogP contribution in [0.5, 0.6) is 0 Å². The maximum atomic E-state index is 8.92. The minimum Gasteiger partial charge on any atom is -1.00 e. The van der Waals surface area contributed by atoms with Gasteiger partial charge in [-0.15, -0.1) is 0 Å². The summed E-state index contributed by atoms with van der Waals surface area (Å²) in [5.41, 5.74) is 1.75. The number of hydrogen-bond donors (Lipinski definition) is 0. The van der Waals surface area contributed by atoms with E-state index >= 15 is 0 Å². The Kier molecular flexibility index (Phi) is 11.0. The number of nitrogens with zero attached hydrogens (tertiary/aromatic N) is 4. The van der Waals surface area contributed by atoms with Gasteiger partial charge in [0.25, 0.3) is 0 Å². The van der Waals surface area contributed by atoms with Crippen LogP contribution in [0.1, 0.15) is 30.4 Å². The van der Waals surface area contributed by atoms with Gasteiger partial charge < -0.3 is 24.0 Å². The Labute approximate surface area is 155 Å². The molecule has 0 radical (unpaired) electrons. The Balaban J connectivity index is 0.00000484. The average Bonchev–Trinajstić information content (AvgIpc) is 2.56. The molecule has 1 aromatic carbocycles. The first kappa shape index (κ1) is 21.3.